The van der Waals surface area contributed by atoms with E-state index in [4.69, 9.17) is 10.2 Å². The molecule has 17 heavy (non-hydrogen) atoms. The molecule has 94 valence electrons. The molecule has 0 unspecified atom stereocenters. The van der Waals surface area contributed by atoms with Crippen LogP contribution >= 0.6 is 0 Å². The molecular weight excluding hydrogens is 240 g/mol. The normalized spacial score (nSPS) is 17.5. The molecule has 1 aliphatic rings. The molecule has 0 saturated carbocycles. The van der Waals surface area contributed by atoms with Gasteiger partial charge in [-0.1, -0.05) is 12.2 Å². The predicted octanol–water partition coefficient (Wildman–Crippen LogP) is 0.997. The van der Waals surface area contributed by atoms with Crippen LogP contribution in [0.3, 0.4) is 0 Å². The fourth-order valence-electron chi connectivity index (χ4n) is 1.86. The molecule has 0 aliphatic carbocycles. The highest BCUT2D eigenvalue weighted by atomic mass is 32.2. The van der Waals surface area contributed by atoms with E-state index in [2.05, 4.69) is 0 Å². The molecule has 0 fully saturated rings. The third-order valence-corrected chi connectivity index (χ3v) is 4.74. The highest BCUT2D eigenvalue weighted by Gasteiger charge is 2.28. The third-order valence-electron chi connectivity index (χ3n) is 2.76. The lowest BCUT2D eigenvalue weighted by atomic mass is 10.3. The first kappa shape index (κ1) is 12.3. The second-order valence-corrected chi connectivity index (χ2v) is 5.87. The van der Waals surface area contributed by atoms with Gasteiger partial charge in [-0.05, 0) is 13.3 Å². The molecule has 1 aromatic heterocycles. The van der Waals surface area contributed by atoms with Crippen LogP contribution in [0.4, 0.5) is 0 Å². The molecule has 0 aromatic carbocycles. The molecule has 1 aromatic rings. The minimum absolute atomic E-state index is 0.205. The summed E-state index contributed by atoms with van der Waals surface area (Å²) in [7, 11) is -3.45. The third kappa shape index (κ3) is 2.29. The van der Waals surface area contributed by atoms with Gasteiger partial charge in [0, 0.05) is 19.2 Å². The Bertz CT molecular complexity index is 531. The monoisotopic (exact) mass is 256 g/mol. The first-order valence-electron chi connectivity index (χ1n) is 5.50. The molecule has 0 bridgehead atoms. The Balaban J connectivity index is 2.36. The molecule has 6 heteroatoms. The minimum atomic E-state index is -3.45. The SMILES string of the molecule is Cc1oc(CN)cc1S(=O)(=O)N1CC=CCC1. The Labute approximate surface area is 101 Å². The Morgan fingerprint density at radius 2 is 2.24 bits per heavy atom. The summed E-state index contributed by atoms with van der Waals surface area (Å²) in [6, 6.07) is 1.52. The van der Waals surface area contributed by atoms with E-state index in [-0.39, 0.29) is 11.4 Å². The standard InChI is InChI=1S/C11H16N2O3S/c1-9-11(7-10(8-12)16-9)17(14,15)13-5-3-2-4-6-13/h2-3,7H,4-6,8,12H2,1H3. The van der Waals surface area contributed by atoms with Gasteiger partial charge in [-0.3, -0.25) is 0 Å². The molecule has 0 spiro atoms. The van der Waals surface area contributed by atoms with Crippen LogP contribution in [0.5, 0.6) is 0 Å². The summed E-state index contributed by atoms with van der Waals surface area (Å²) < 4.78 is 31.4. The average Bonchev–Trinajstić information content (AvgIpc) is 2.72. The van der Waals surface area contributed by atoms with Crippen molar-refractivity contribution in [1.82, 2.24) is 4.31 Å². The van der Waals surface area contributed by atoms with Crippen molar-refractivity contribution in [3.8, 4) is 0 Å². The Morgan fingerprint density at radius 3 is 2.76 bits per heavy atom. The van der Waals surface area contributed by atoms with Crippen molar-refractivity contribution in [3.63, 3.8) is 0 Å². The van der Waals surface area contributed by atoms with E-state index in [1.165, 1.54) is 10.4 Å². The van der Waals surface area contributed by atoms with E-state index in [1.807, 2.05) is 12.2 Å². The maximum Gasteiger partial charge on any atom is 0.246 e. The van der Waals surface area contributed by atoms with E-state index in [9.17, 15) is 8.42 Å². The molecule has 5 nitrogen and oxygen atoms in total. The number of nitrogens with zero attached hydrogens (tertiary/aromatic N) is 1. The number of aryl methyl sites for hydroxylation is 1. The molecule has 2 N–H and O–H groups in total. The van der Waals surface area contributed by atoms with Crippen molar-refractivity contribution < 1.29 is 12.8 Å². The van der Waals surface area contributed by atoms with Crippen molar-refractivity contribution in [2.75, 3.05) is 13.1 Å². The van der Waals surface area contributed by atoms with E-state index < -0.39 is 10.0 Å². The maximum absolute atomic E-state index is 12.3. The van der Waals surface area contributed by atoms with Crippen molar-refractivity contribution in [2.24, 2.45) is 5.73 Å². The Hall–Kier alpha value is -1.11. The van der Waals surface area contributed by atoms with Gasteiger partial charge in [0.1, 0.15) is 16.4 Å². The lowest BCUT2D eigenvalue weighted by Crippen LogP contribution is -2.33. The highest BCUT2D eigenvalue weighted by Crippen LogP contribution is 2.24. The quantitative estimate of drug-likeness (QED) is 0.818. The minimum Gasteiger partial charge on any atom is -0.464 e. The lowest BCUT2D eigenvalue weighted by Gasteiger charge is -2.22. The Morgan fingerprint density at radius 1 is 1.47 bits per heavy atom. The van der Waals surface area contributed by atoms with Crippen LogP contribution in [0.2, 0.25) is 0 Å². The summed E-state index contributed by atoms with van der Waals surface area (Å²) in [5, 5.41) is 0. The van der Waals surface area contributed by atoms with Gasteiger partial charge in [0.15, 0.2) is 0 Å². The zero-order valence-corrected chi connectivity index (χ0v) is 10.5. The largest absolute Gasteiger partial charge is 0.464 e. The fourth-order valence-corrected chi connectivity index (χ4v) is 3.45. The molecule has 2 heterocycles. The smallest absolute Gasteiger partial charge is 0.246 e. The van der Waals surface area contributed by atoms with Crippen molar-refractivity contribution in [1.29, 1.82) is 0 Å². The first-order chi connectivity index (χ1) is 8.05. The average molecular weight is 256 g/mol. The lowest BCUT2D eigenvalue weighted by molar-refractivity contribution is 0.433. The van der Waals surface area contributed by atoms with Gasteiger partial charge in [0.2, 0.25) is 10.0 Å². The van der Waals surface area contributed by atoms with Crippen molar-refractivity contribution >= 4 is 10.0 Å². The van der Waals surface area contributed by atoms with Gasteiger partial charge in [-0.15, -0.1) is 0 Å². The summed E-state index contributed by atoms with van der Waals surface area (Å²) in [5.41, 5.74) is 5.44. The van der Waals surface area contributed by atoms with Crippen LogP contribution in [0.15, 0.2) is 27.5 Å². The number of hydrogen-bond donors (Lipinski definition) is 1. The van der Waals surface area contributed by atoms with Crippen LogP contribution < -0.4 is 5.73 Å². The highest BCUT2D eigenvalue weighted by molar-refractivity contribution is 7.89. The van der Waals surface area contributed by atoms with E-state index in [1.54, 1.807) is 6.92 Å². The molecule has 0 amide bonds. The fraction of sp³-hybridized carbons (Fsp3) is 0.455. The van der Waals surface area contributed by atoms with Crippen LogP contribution in [0, 0.1) is 6.92 Å². The van der Waals surface area contributed by atoms with Crippen LogP contribution in [0.25, 0.3) is 0 Å². The zero-order valence-electron chi connectivity index (χ0n) is 9.72. The van der Waals surface area contributed by atoms with Gasteiger partial charge in [0.25, 0.3) is 0 Å². The molecule has 0 saturated heterocycles. The van der Waals surface area contributed by atoms with Gasteiger partial charge in [-0.2, -0.15) is 4.31 Å². The number of furan rings is 1. The molecule has 1 aliphatic heterocycles. The maximum atomic E-state index is 12.3. The molecule has 0 atom stereocenters. The summed E-state index contributed by atoms with van der Waals surface area (Å²) in [6.45, 7) is 2.79. The first-order valence-corrected chi connectivity index (χ1v) is 6.94. The number of sulfonamides is 1. The summed E-state index contributed by atoms with van der Waals surface area (Å²) in [6.07, 6.45) is 4.60. The molecular formula is C11H16N2O3S. The van der Waals surface area contributed by atoms with E-state index in [0.717, 1.165) is 6.42 Å². The Kier molecular flexibility index (Phi) is 3.37. The van der Waals surface area contributed by atoms with E-state index in [0.29, 0.717) is 24.6 Å². The van der Waals surface area contributed by atoms with Gasteiger partial charge >= 0.3 is 0 Å². The van der Waals surface area contributed by atoms with Gasteiger partial charge in [-0.25, -0.2) is 8.42 Å². The summed E-state index contributed by atoms with van der Waals surface area (Å²) >= 11 is 0. The van der Waals surface area contributed by atoms with Gasteiger partial charge < -0.3 is 10.2 Å². The number of rotatable bonds is 3. The topological polar surface area (TPSA) is 76.5 Å². The number of nitrogens with two attached hydrogens (primary N) is 1. The van der Waals surface area contributed by atoms with Crippen LogP contribution in [0.1, 0.15) is 17.9 Å². The van der Waals surface area contributed by atoms with Crippen molar-refractivity contribution in [2.45, 2.75) is 24.8 Å². The second kappa shape index (κ2) is 4.64. The molecule has 2 rings (SSSR count). The summed E-state index contributed by atoms with van der Waals surface area (Å²) in [5.74, 6) is 0.897. The van der Waals surface area contributed by atoms with Crippen molar-refractivity contribution in [3.05, 3.63) is 29.7 Å². The van der Waals surface area contributed by atoms with E-state index >= 15 is 0 Å². The molecule has 0 radical (unpaired) electrons. The second-order valence-electron chi connectivity index (χ2n) is 3.96. The predicted molar refractivity (Wildman–Crippen MR) is 63.9 cm³/mol. The zero-order chi connectivity index (χ0) is 12.5. The van der Waals surface area contributed by atoms with Crippen LogP contribution in [-0.2, 0) is 16.6 Å². The summed E-state index contributed by atoms with van der Waals surface area (Å²) in [4.78, 5) is 0.230. The number of hydrogen-bond acceptors (Lipinski definition) is 4. The van der Waals surface area contributed by atoms with Crippen LogP contribution in [-0.4, -0.2) is 25.8 Å². The van der Waals surface area contributed by atoms with Gasteiger partial charge in [0.05, 0.1) is 6.54 Å².